The van der Waals surface area contributed by atoms with Crippen LogP contribution in [0.5, 0.6) is 0 Å². The smallest absolute Gasteiger partial charge is 0.261 e. The standard InChI is InChI=1S/C16H20N2O2S/c1-3-20-10-13-7-5-4-6-12(13)9-18-16(19)15-8-14(17)11(2)21-15/h4-8H,3,9-10,17H2,1-2H3,(H,18,19). The van der Waals surface area contributed by atoms with Crippen molar-refractivity contribution in [2.45, 2.75) is 27.0 Å². The number of thiophene rings is 1. The Hall–Kier alpha value is -1.85. The number of nitrogens with one attached hydrogen (secondary N) is 1. The summed E-state index contributed by atoms with van der Waals surface area (Å²) in [5.41, 5.74) is 8.62. The Morgan fingerprint density at radius 1 is 1.33 bits per heavy atom. The molecule has 1 heterocycles. The molecule has 0 aliphatic carbocycles. The molecule has 0 aliphatic rings. The van der Waals surface area contributed by atoms with E-state index in [2.05, 4.69) is 5.32 Å². The van der Waals surface area contributed by atoms with Gasteiger partial charge >= 0.3 is 0 Å². The second-order valence-electron chi connectivity index (χ2n) is 4.71. The summed E-state index contributed by atoms with van der Waals surface area (Å²) in [7, 11) is 0. The Bertz CT molecular complexity index is 603. The Kier molecular flexibility index (Phi) is 5.36. The molecule has 0 fully saturated rings. The lowest BCUT2D eigenvalue weighted by atomic mass is 10.1. The van der Waals surface area contributed by atoms with Crippen molar-refractivity contribution < 1.29 is 9.53 Å². The van der Waals surface area contributed by atoms with Crippen molar-refractivity contribution in [1.29, 1.82) is 0 Å². The van der Waals surface area contributed by atoms with E-state index in [9.17, 15) is 4.79 Å². The minimum Gasteiger partial charge on any atom is -0.398 e. The lowest BCUT2D eigenvalue weighted by molar-refractivity contribution is 0.0954. The van der Waals surface area contributed by atoms with E-state index >= 15 is 0 Å². The van der Waals surface area contributed by atoms with Gasteiger partial charge < -0.3 is 15.8 Å². The van der Waals surface area contributed by atoms with E-state index in [-0.39, 0.29) is 5.91 Å². The first kappa shape index (κ1) is 15.5. The molecule has 3 N–H and O–H groups in total. The van der Waals surface area contributed by atoms with Crippen LogP contribution in [0.1, 0.15) is 32.6 Å². The fourth-order valence-electron chi connectivity index (χ4n) is 1.95. The average Bonchev–Trinajstić information content (AvgIpc) is 2.83. The van der Waals surface area contributed by atoms with Crippen LogP contribution in [0.2, 0.25) is 0 Å². The third-order valence-electron chi connectivity index (χ3n) is 3.20. The topological polar surface area (TPSA) is 64.3 Å². The molecule has 2 aromatic rings. The molecule has 5 heteroatoms. The number of carbonyl (C=O) groups excluding carboxylic acids is 1. The highest BCUT2D eigenvalue weighted by Crippen LogP contribution is 2.23. The van der Waals surface area contributed by atoms with Crippen LogP contribution in [-0.4, -0.2) is 12.5 Å². The van der Waals surface area contributed by atoms with E-state index in [0.29, 0.717) is 30.3 Å². The van der Waals surface area contributed by atoms with Gasteiger partial charge in [-0.05, 0) is 31.0 Å². The number of nitrogen functional groups attached to an aromatic ring is 1. The summed E-state index contributed by atoms with van der Waals surface area (Å²) in [5, 5.41) is 2.93. The van der Waals surface area contributed by atoms with Gasteiger partial charge in [0.25, 0.3) is 5.91 Å². The van der Waals surface area contributed by atoms with Crippen molar-refractivity contribution in [3.8, 4) is 0 Å². The molecule has 21 heavy (non-hydrogen) atoms. The summed E-state index contributed by atoms with van der Waals surface area (Å²) in [6.45, 7) is 5.60. The summed E-state index contributed by atoms with van der Waals surface area (Å²) in [4.78, 5) is 13.7. The Morgan fingerprint density at radius 2 is 2.05 bits per heavy atom. The molecule has 4 nitrogen and oxygen atoms in total. The van der Waals surface area contributed by atoms with E-state index in [0.717, 1.165) is 16.0 Å². The van der Waals surface area contributed by atoms with Crippen LogP contribution in [0.4, 0.5) is 5.69 Å². The first-order valence-electron chi connectivity index (χ1n) is 6.90. The number of ether oxygens (including phenoxy) is 1. The van der Waals surface area contributed by atoms with Crippen molar-refractivity contribution in [3.05, 3.63) is 51.2 Å². The number of hydrogen-bond donors (Lipinski definition) is 2. The summed E-state index contributed by atoms with van der Waals surface area (Å²) in [5.74, 6) is -0.0917. The van der Waals surface area contributed by atoms with Crippen LogP contribution in [0.3, 0.4) is 0 Å². The molecule has 112 valence electrons. The molecule has 0 atom stereocenters. The minimum atomic E-state index is -0.0917. The van der Waals surface area contributed by atoms with Gasteiger partial charge in [0, 0.05) is 23.7 Å². The van der Waals surface area contributed by atoms with Gasteiger partial charge in [0.2, 0.25) is 0 Å². The Morgan fingerprint density at radius 3 is 2.67 bits per heavy atom. The number of nitrogens with two attached hydrogens (primary N) is 1. The zero-order valence-corrected chi connectivity index (χ0v) is 13.1. The minimum absolute atomic E-state index is 0.0917. The largest absolute Gasteiger partial charge is 0.398 e. The van der Waals surface area contributed by atoms with Crippen LogP contribution in [0.15, 0.2) is 30.3 Å². The number of amides is 1. The Labute approximate surface area is 128 Å². The third kappa shape index (κ3) is 4.06. The van der Waals surface area contributed by atoms with Gasteiger partial charge in [-0.15, -0.1) is 11.3 Å². The van der Waals surface area contributed by atoms with Gasteiger partial charge in [-0.1, -0.05) is 24.3 Å². The molecule has 1 amide bonds. The molecule has 0 unspecified atom stereocenters. The molecule has 0 spiro atoms. The molecule has 0 saturated heterocycles. The predicted octanol–water partition coefficient (Wildman–Crippen LogP) is 3.11. The van der Waals surface area contributed by atoms with E-state index in [1.165, 1.54) is 11.3 Å². The van der Waals surface area contributed by atoms with Gasteiger partial charge in [0.15, 0.2) is 0 Å². The predicted molar refractivity (Wildman–Crippen MR) is 86.4 cm³/mol. The van der Waals surface area contributed by atoms with Gasteiger partial charge in [-0.3, -0.25) is 4.79 Å². The van der Waals surface area contributed by atoms with Gasteiger partial charge in [-0.2, -0.15) is 0 Å². The van der Waals surface area contributed by atoms with E-state index in [4.69, 9.17) is 10.5 Å². The third-order valence-corrected chi connectivity index (χ3v) is 4.26. The fraction of sp³-hybridized carbons (Fsp3) is 0.312. The van der Waals surface area contributed by atoms with E-state index < -0.39 is 0 Å². The van der Waals surface area contributed by atoms with Crippen LogP contribution >= 0.6 is 11.3 Å². The van der Waals surface area contributed by atoms with Crippen molar-refractivity contribution >= 4 is 22.9 Å². The second kappa shape index (κ2) is 7.24. The SMILES string of the molecule is CCOCc1ccccc1CNC(=O)c1cc(N)c(C)s1. The number of aryl methyl sites for hydroxylation is 1. The maximum atomic E-state index is 12.1. The molecular weight excluding hydrogens is 284 g/mol. The van der Waals surface area contributed by atoms with Crippen molar-refractivity contribution in [2.75, 3.05) is 12.3 Å². The first-order valence-corrected chi connectivity index (χ1v) is 7.72. The summed E-state index contributed by atoms with van der Waals surface area (Å²) in [6, 6.07) is 9.68. The molecule has 0 bridgehead atoms. The lowest BCUT2D eigenvalue weighted by Crippen LogP contribution is -2.22. The highest BCUT2D eigenvalue weighted by molar-refractivity contribution is 7.14. The molecule has 1 aromatic heterocycles. The number of benzene rings is 1. The average molecular weight is 304 g/mol. The monoisotopic (exact) mass is 304 g/mol. The molecule has 0 radical (unpaired) electrons. The highest BCUT2D eigenvalue weighted by atomic mass is 32.1. The quantitative estimate of drug-likeness (QED) is 0.862. The van der Waals surface area contributed by atoms with Crippen molar-refractivity contribution in [3.63, 3.8) is 0 Å². The van der Waals surface area contributed by atoms with E-state index in [1.807, 2.05) is 38.1 Å². The zero-order chi connectivity index (χ0) is 15.2. The normalized spacial score (nSPS) is 10.6. The van der Waals surface area contributed by atoms with Crippen LogP contribution in [0, 0.1) is 6.92 Å². The number of anilines is 1. The lowest BCUT2D eigenvalue weighted by Gasteiger charge is -2.10. The molecule has 1 aromatic carbocycles. The maximum Gasteiger partial charge on any atom is 0.261 e. The maximum absolute atomic E-state index is 12.1. The summed E-state index contributed by atoms with van der Waals surface area (Å²) >= 11 is 1.41. The van der Waals surface area contributed by atoms with E-state index in [1.54, 1.807) is 6.07 Å². The number of carbonyl (C=O) groups is 1. The summed E-state index contributed by atoms with van der Waals surface area (Å²) < 4.78 is 5.44. The number of hydrogen-bond acceptors (Lipinski definition) is 4. The fourth-order valence-corrected chi connectivity index (χ4v) is 2.81. The van der Waals surface area contributed by atoms with Crippen LogP contribution in [0.25, 0.3) is 0 Å². The number of rotatable bonds is 6. The highest BCUT2D eigenvalue weighted by Gasteiger charge is 2.11. The molecule has 2 rings (SSSR count). The van der Waals surface area contributed by atoms with Gasteiger partial charge in [0.05, 0.1) is 11.5 Å². The van der Waals surface area contributed by atoms with Gasteiger partial charge in [0.1, 0.15) is 0 Å². The molecule has 0 aliphatic heterocycles. The van der Waals surface area contributed by atoms with Crippen molar-refractivity contribution in [1.82, 2.24) is 5.32 Å². The molecule has 0 saturated carbocycles. The van der Waals surface area contributed by atoms with Crippen molar-refractivity contribution in [2.24, 2.45) is 0 Å². The summed E-state index contributed by atoms with van der Waals surface area (Å²) in [6.07, 6.45) is 0. The Balaban J connectivity index is 2.01. The van der Waals surface area contributed by atoms with Gasteiger partial charge in [-0.25, -0.2) is 0 Å². The van der Waals surface area contributed by atoms with Crippen LogP contribution < -0.4 is 11.1 Å². The zero-order valence-electron chi connectivity index (χ0n) is 12.3. The second-order valence-corrected chi connectivity index (χ2v) is 5.97. The first-order chi connectivity index (χ1) is 10.1. The molecular formula is C16H20N2O2S. The van der Waals surface area contributed by atoms with Crippen LogP contribution in [-0.2, 0) is 17.9 Å².